The van der Waals surface area contributed by atoms with Crippen molar-refractivity contribution in [2.45, 2.75) is 0 Å². The van der Waals surface area contributed by atoms with E-state index < -0.39 is 0 Å². The van der Waals surface area contributed by atoms with Crippen LogP contribution in [0.4, 0.5) is 11.6 Å². The van der Waals surface area contributed by atoms with E-state index >= 15 is 0 Å². The first kappa shape index (κ1) is 14.7. The van der Waals surface area contributed by atoms with Gasteiger partial charge in [-0.3, -0.25) is 10.2 Å². The Labute approximate surface area is 143 Å². The SMILES string of the molecule is N=C1CON=C1c1csnc1N(C=O)c1nscc1-c1ccon1. The molecule has 4 rings (SSSR count). The quantitative estimate of drug-likeness (QED) is 0.698. The summed E-state index contributed by atoms with van der Waals surface area (Å²) in [6.07, 6.45) is 2.07. The van der Waals surface area contributed by atoms with E-state index in [0.717, 1.165) is 11.5 Å². The molecule has 0 bridgehead atoms. The summed E-state index contributed by atoms with van der Waals surface area (Å²) < 4.78 is 13.4. The molecular weight excluding hydrogens is 352 g/mol. The summed E-state index contributed by atoms with van der Waals surface area (Å²) in [7, 11) is 0. The number of carbonyl (C=O) groups excluding carboxylic acids is 1. The van der Waals surface area contributed by atoms with Crippen LogP contribution >= 0.6 is 23.1 Å². The highest BCUT2D eigenvalue weighted by Gasteiger charge is 2.28. The Hall–Kier alpha value is -2.92. The topological polar surface area (TPSA) is 118 Å². The second-order valence-corrected chi connectivity index (χ2v) is 5.91. The zero-order valence-corrected chi connectivity index (χ0v) is 13.5. The Morgan fingerprint density at radius 2 is 1.96 bits per heavy atom. The van der Waals surface area contributed by atoms with E-state index in [1.807, 2.05) is 0 Å². The number of hydrogen-bond acceptors (Lipinski definition) is 10. The fraction of sp³-hybridized carbons (Fsp3) is 0.0769. The van der Waals surface area contributed by atoms with Crippen LogP contribution in [0.3, 0.4) is 0 Å². The molecule has 120 valence electrons. The van der Waals surface area contributed by atoms with Crippen LogP contribution in [0.1, 0.15) is 5.56 Å². The summed E-state index contributed by atoms with van der Waals surface area (Å²) in [6.45, 7) is 0.104. The van der Waals surface area contributed by atoms with Crippen LogP contribution in [0.15, 0.2) is 32.8 Å². The number of aromatic nitrogens is 3. The number of nitrogens with one attached hydrogen (secondary N) is 1. The van der Waals surface area contributed by atoms with Gasteiger partial charge < -0.3 is 9.36 Å². The van der Waals surface area contributed by atoms with E-state index in [0.29, 0.717) is 40.6 Å². The van der Waals surface area contributed by atoms with Crippen molar-refractivity contribution < 1.29 is 14.2 Å². The van der Waals surface area contributed by atoms with Crippen LogP contribution in [0.5, 0.6) is 0 Å². The van der Waals surface area contributed by atoms with Crippen molar-refractivity contribution in [3.05, 3.63) is 28.7 Å². The molecule has 3 aromatic heterocycles. The number of carbonyl (C=O) groups is 1. The van der Waals surface area contributed by atoms with Crippen molar-refractivity contribution in [3.8, 4) is 11.3 Å². The van der Waals surface area contributed by atoms with E-state index in [2.05, 4.69) is 19.1 Å². The first-order valence-corrected chi connectivity index (χ1v) is 8.29. The van der Waals surface area contributed by atoms with Gasteiger partial charge in [0.05, 0.1) is 11.1 Å². The molecule has 1 aliphatic rings. The molecule has 0 aliphatic carbocycles. The molecule has 24 heavy (non-hydrogen) atoms. The molecule has 0 saturated carbocycles. The molecule has 1 aliphatic heterocycles. The second-order valence-electron chi connectivity index (χ2n) is 4.66. The van der Waals surface area contributed by atoms with Gasteiger partial charge in [0, 0.05) is 16.8 Å². The Morgan fingerprint density at radius 3 is 2.58 bits per heavy atom. The van der Waals surface area contributed by atoms with Gasteiger partial charge in [-0.05, 0) is 23.1 Å². The molecule has 1 N–H and O–H groups in total. The van der Waals surface area contributed by atoms with Crippen LogP contribution in [-0.4, -0.2) is 38.3 Å². The summed E-state index contributed by atoms with van der Waals surface area (Å²) >= 11 is 2.35. The Kier molecular flexibility index (Phi) is 3.63. The number of nitrogens with zero attached hydrogens (tertiary/aromatic N) is 5. The van der Waals surface area contributed by atoms with E-state index in [-0.39, 0.29) is 12.3 Å². The minimum absolute atomic E-state index is 0.104. The average molecular weight is 360 g/mol. The molecule has 0 fully saturated rings. The van der Waals surface area contributed by atoms with E-state index in [9.17, 15) is 4.79 Å². The lowest BCUT2D eigenvalue weighted by Crippen LogP contribution is -2.20. The van der Waals surface area contributed by atoms with Gasteiger partial charge in [-0.2, -0.15) is 8.75 Å². The van der Waals surface area contributed by atoms with Gasteiger partial charge in [0.2, 0.25) is 6.41 Å². The van der Waals surface area contributed by atoms with E-state index in [1.165, 1.54) is 22.7 Å². The normalized spacial score (nSPS) is 13.7. The highest BCUT2D eigenvalue weighted by molar-refractivity contribution is 7.04. The van der Waals surface area contributed by atoms with Crippen LogP contribution in [-0.2, 0) is 9.63 Å². The summed E-state index contributed by atoms with van der Waals surface area (Å²) in [5, 5.41) is 19.1. The molecule has 0 atom stereocenters. The molecule has 0 aromatic carbocycles. The molecule has 0 unspecified atom stereocenters. The molecule has 3 aromatic rings. The molecule has 9 nitrogen and oxygen atoms in total. The maximum atomic E-state index is 11.8. The summed E-state index contributed by atoms with van der Waals surface area (Å²) in [6, 6.07) is 1.68. The van der Waals surface area contributed by atoms with Crippen molar-refractivity contribution >= 4 is 52.5 Å². The van der Waals surface area contributed by atoms with Gasteiger partial charge in [0.25, 0.3) is 0 Å². The third kappa shape index (κ3) is 2.30. The first-order chi connectivity index (χ1) is 11.8. The Morgan fingerprint density at radius 1 is 1.21 bits per heavy atom. The van der Waals surface area contributed by atoms with Gasteiger partial charge in [0.1, 0.15) is 23.4 Å². The van der Waals surface area contributed by atoms with Crippen molar-refractivity contribution in [3.63, 3.8) is 0 Å². The predicted molar refractivity (Wildman–Crippen MR) is 88.1 cm³/mol. The monoisotopic (exact) mass is 360 g/mol. The van der Waals surface area contributed by atoms with Crippen molar-refractivity contribution in [1.82, 2.24) is 13.9 Å². The third-order valence-corrected chi connectivity index (χ3v) is 4.52. The number of anilines is 2. The minimum Gasteiger partial charge on any atom is -0.389 e. The van der Waals surface area contributed by atoms with Gasteiger partial charge in [-0.25, -0.2) is 4.90 Å². The van der Waals surface area contributed by atoms with Gasteiger partial charge in [0.15, 0.2) is 18.2 Å². The highest BCUT2D eigenvalue weighted by atomic mass is 32.1. The second kappa shape index (κ2) is 5.94. The zero-order chi connectivity index (χ0) is 16.5. The fourth-order valence-corrected chi connectivity index (χ4v) is 3.53. The minimum atomic E-state index is 0.104. The molecule has 4 heterocycles. The standard InChI is InChI=1S/C13H8N6O3S2/c14-9-3-22-16-11(9)8-5-24-18-13(8)19(6-20)12-7(4-23-17-12)10-1-2-21-15-10/h1-2,4-6,14H,3H2. The maximum absolute atomic E-state index is 11.8. The smallest absolute Gasteiger partial charge is 0.221 e. The first-order valence-electron chi connectivity index (χ1n) is 6.61. The highest BCUT2D eigenvalue weighted by Crippen LogP contribution is 2.35. The summed E-state index contributed by atoms with van der Waals surface area (Å²) in [4.78, 5) is 18.0. The van der Waals surface area contributed by atoms with Crippen LogP contribution < -0.4 is 4.90 Å². The summed E-state index contributed by atoms with van der Waals surface area (Å²) in [5.74, 6) is 0.738. The molecule has 0 radical (unpaired) electrons. The molecular formula is C13H8N6O3S2. The number of oxime groups is 1. The maximum Gasteiger partial charge on any atom is 0.221 e. The lowest BCUT2D eigenvalue weighted by molar-refractivity contribution is -0.106. The molecule has 0 spiro atoms. The summed E-state index contributed by atoms with van der Waals surface area (Å²) in [5.41, 5.74) is 2.37. The zero-order valence-electron chi connectivity index (χ0n) is 11.9. The van der Waals surface area contributed by atoms with Crippen LogP contribution in [0.2, 0.25) is 0 Å². The Bertz CT molecular complexity index is 929. The molecule has 1 amide bonds. The predicted octanol–water partition coefficient (Wildman–Crippen LogP) is 2.30. The lowest BCUT2D eigenvalue weighted by Gasteiger charge is -2.14. The molecule has 0 saturated heterocycles. The van der Waals surface area contributed by atoms with E-state index in [4.69, 9.17) is 14.8 Å². The van der Waals surface area contributed by atoms with Gasteiger partial charge in [-0.15, -0.1) is 0 Å². The van der Waals surface area contributed by atoms with Gasteiger partial charge >= 0.3 is 0 Å². The van der Waals surface area contributed by atoms with Crippen molar-refractivity contribution in [2.75, 3.05) is 11.5 Å². The van der Waals surface area contributed by atoms with Crippen molar-refractivity contribution in [2.24, 2.45) is 5.16 Å². The average Bonchev–Trinajstić information content (AvgIpc) is 3.36. The van der Waals surface area contributed by atoms with E-state index in [1.54, 1.807) is 16.8 Å². The Balaban J connectivity index is 1.80. The number of amides is 1. The van der Waals surface area contributed by atoms with Gasteiger partial charge in [-0.1, -0.05) is 10.3 Å². The van der Waals surface area contributed by atoms with Crippen LogP contribution in [0, 0.1) is 5.41 Å². The number of rotatable bonds is 5. The number of hydrogen-bond donors (Lipinski definition) is 1. The largest absolute Gasteiger partial charge is 0.389 e. The lowest BCUT2D eigenvalue weighted by atomic mass is 10.1. The van der Waals surface area contributed by atoms with Crippen molar-refractivity contribution in [1.29, 1.82) is 5.41 Å². The van der Waals surface area contributed by atoms with Crippen LogP contribution in [0.25, 0.3) is 11.3 Å². The fourth-order valence-electron chi connectivity index (χ4n) is 2.19. The molecule has 11 heteroatoms. The third-order valence-electron chi connectivity index (χ3n) is 3.28.